The van der Waals surface area contributed by atoms with Gasteiger partial charge in [0.1, 0.15) is 11.7 Å². The first-order chi connectivity index (χ1) is 13.0. The van der Waals surface area contributed by atoms with Crippen LogP contribution in [0.1, 0.15) is 24.8 Å². The maximum Gasteiger partial charge on any atom is 0.294 e. The summed E-state index contributed by atoms with van der Waals surface area (Å²) in [6.45, 7) is 0.578. The lowest BCUT2D eigenvalue weighted by Crippen LogP contribution is -2.66. The first-order valence-electron chi connectivity index (χ1n) is 9.06. The van der Waals surface area contributed by atoms with Crippen molar-refractivity contribution >= 4 is 5.78 Å². The number of Topliss-reactive ketones (excluding diaryl/α,β-unsaturated/α-hetero) is 1. The van der Waals surface area contributed by atoms with Crippen LogP contribution in [0.5, 0.6) is 0 Å². The largest absolute Gasteiger partial charge is 0.366 e. The maximum absolute atomic E-state index is 12.1. The van der Waals surface area contributed by atoms with Crippen LogP contribution in [0.25, 0.3) is 0 Å². The Hall–Kier alpha value is -2.45. The first kappa shape index (κ1) is 19.3. The van der Waals surface area contributed by atoms with Gasteiger partial charge < -0.3 is 20.1 Å². The molecule has 3 rings (SSSR count). The third-order valence-corrected chi connectivity index (χ3v) is 5.36. The van der Waals surface area contributed by atoms with Crippen LogP contribution in [-0.4, -0.2) is 43.3 Å². The summed E-state index contributed by atoms with van der Waals surface area (Å²) >= 11 is 0. The Labute approximate surface area is 158 Å². The van der Waals surface area contributed by atoms with Gasteiger partial charge in [-0.1, -0.05) is 30.3 Å². The second kappa shape index (κ2) is 8.06. The molecule has 1 aromatic carbocycles. The van der Waals surface area contributed by atoms with Gasteiger partial charge in [0.05, 0.1) is 11.0 Å². The molecule has 0 aromatic heterocycles. The molecule has 8 nitrogen and oxygen atoms in total. The maximum atomic E-state index is 12.1. The van der Waals surface area contributed by atoms with Gasteiger partial charge in [-0.25, -0.2) is 0 Å². The van der Waals surface area contributed by atoms with Gasteiger partial charge in [0.2, 0.25) is 5.79 Å². The number of nitrogens with zero attached hydrogens (tertiary/aromatic N) is 1. The van der Waals surface area contributed by atoms with Crippen molar-refractivity contribution in [3.8, 4) is 0 Å². The van der Waals surface area contributed by atoms with E-state index in [1.54, 1.807) is 0 Å². The number of fused-ring (bicyclic) bond motifs is 2. The number of ether oxygens (including phenoxy) is 2. The lowest BCUT2D eigenvalue weighted by atomic mass is 9.74. The molecule has 2 unspecified atom stereocenters. The molecule has 0 spiro atoms. The van der Waals surface area contributed by atoms with Crippen LogP contribution < -0.4 is 10.6 Å². The van der Waals surface area contributed by atoms with E-state index in [1.165, 1.54) is 19.8 Å². The highest BCUT2D eigenvalue weighted by atomic mass is 16.7. The molecule has 2 bridgehead atoms. The number of rotatable bonds is 8. The highest BCUT2D eigenvalue weighted by Crippen LogP contribution is 2.44. The predicted molar refractivity (Wildman–Crippen MR) is 98.2 cm³/mol. The van der Waals surface area contributed by atoms with Gasteiger partial charge in [0.25, 0.3) is 5.70 Å². The third kappa shape index (κ3) is 3.68. The standard InChI is InChI=1S/C19H25N3O5/c1-26-19(27-2)15-11-14(23)12-16(19)21-18(17(15)22(24)25)20-10-6-9-13-7-4-3-5-8-13/h3-5,7-8,15-16,20-21H,6,9-12H2,1-2H3. The van der Waals surface area contributed by atoms with Crippen LogP contribution in [0.4, 0.5) is 0 Å². The van der Waals surface area contributed by atoms with E-state index in [1.807, 2.05) is 18.2 Å². The number of aryl methyl sites for hydroxylation is 1. The predicted octanol–water partition coefficient (Wildman–Crippen LogP) is 1.59. The molecule has 1 saturated carbocycles. The van der Waals surface area contributed by atoms with E-state index in [4.69, 9.17) is 9.47 Å². The minimum absolute atomic E-state index is 0.0331. The summed E-state index contributed by atoms with van der Waals surface area (Å²) in [5.41, 5.74) is 1.14. The number of ketones is 1. The number of nitrogens with one attached hydrogen (secondary N) is 2. The number of carbonyl (C=O) groups excluding carboxylic acids is 1. The molecule has 1 heterocycles. The second-order valence-corrected chi connectivity index (χ2v) is 6.86. The van der Waals surface area contributed by atoms with E-state index in [0.717, 1.165) is 12.8 Å². The highest BCUT2D eigenvalue weighted by molar-refractivity contribution is 5.81. The zero-order valence-electron chi connectivity index (χ0n) is 15.6. The average Bonchev–Trinajstić information content (AvgIpc) is 2.65. The molecule has 8 heteroatoms. The van der Waals surface area contributed by atoms with Crippen molar-refractivity contribution in [1.82, 2.24) is 10.6 Å². The van der Waals surface area contributed by atoms with Gasteiger partial charge in [-0.2, -0.15) is 0 Å². The molecule has 1 aliphatic heterocycles. The van der Waals surface area contributed by atoms with Gasteiger partial charge in [0.15, 0.2) is 5.82 Å². The molecule has 2 N–H and O–H groups in total. The molecule has 1 fully saturated rings. The van der Waals surface area contributed by atoms with Crippen LogP contribution in [0, 0.1) is 16.0 Å². The Morgan fingerprint density at radius 1 is 1.26 bits per heavy atom. The van der Waals surface area contributed by atoms with Gasteiger partial charge in [-0.05, 0) is 18.4 Å². The summed E-state index contributed by atoms with van der Waals surface area (Å²) in [6.07, 6.45) is 1.94. The molecule has 146 valence electrons. The second-order valence-electron chi connectivity index (χ2n) is 6.86. The molecule has 27 heavy (non-hydrogen) atoms. The zero-order valence-corrected chi connectivity index (χ0v) is 15.6. The number of methoxy groups -OCH3 is 2. The zero-order chi connectivity index (χ0) is 19.4. The first-order valence-corrected chi connectivity index (χ1v) is 9.06. The van der Waals surface area contributed by atoms with Crippen LogP contribution >= 0.6 is 0 Å². The normalized spacial score (nSPS) is 23.7. The van der Waals surface area contributed by atoms with E-state index in [0.29, 0.717) is 12.4 Å². The Morgan fingerprint density at radius 2 is 1.96 bits per heavy atom. The minimum atomic E-state index is -1.22. The van der Waals surface area contributed by atoms with E-state index in [-0.39, 0.29) is 24.3 Å². The fourth-order valence-corrected chi connectivity index (χ4v) is 4.09. The van der Waals surface area contributed by atoms with E-state index in [9.17, 15) is 14.9 Å². The van der Waals surface area contributed by atoms with Gasteiger partial charge >= 0.3 is 0 Å². The lowest BCUT2D eigenvalue weighted by Gasteiger charge is -2.48. The highest BCUT2D eigenvalue weighted by Gasteiger charge is 2.60. The summed E-state index contributed by atoms with van der Waals surface area (Å²) < 4.78 is 11.1. The van der Waals surface area contributed by atoms with Crippen LogP contribution in [0.15, 0.2) is 41.8 Å². The number of nitro groups is 1. The Bertz CT molecular complexity index is 730. The van der Waals surface area contributed by atoms with Crippen molar-refractivity contribution in [2.45, 2.75) is 37.5 Å². The van der Waals surface area contributed by atoms with Crippen molar-refractivity contribution in [1.29, 1.82) is 0 Å². The summed E-state index contributed by atoms with van der Waals surface area (Å²) in [7, 11) is 2.91. The quantitative estimate of drug-likeness (QED) is 0.308. The monoisotopic (exact) mass is 375 g/mol. The molecule has 1 aromatic rings. The van der Waals surface area contributed by atoms with E-state index >= 15 is 0 Å². The summed E-state index contributed by atoms with van der Waals surface area (Å²) in [6, 6.07) is 9.60. The fraction of sp³-hybridized carbons (Fsp3) is 0.526. The Balaban J connectivity index is 1.77. The van der Waals surface area contributed by atoms with Crippen LogP contribution in [0.2, 0.25) is 0 Å². The van der Waals surface area contributed by atoms with Crippen molar-refractivity contribution in [2.75, 3.05) is 20.8 Å². The smallest absolute Gasteiger partial charge is 0.294 e. The SMILES string of the molecule is COC1(OC)C2CC(=O)CC1C([N+](=O)[O-])=C(NCCCc1ccccc1)N2. The minimum Gasteiger partial charge on any atom is -0.366 e. The van der Waals surface area contributed by atoms with Crippen molar-refractivity contribution < 1.29 is 19.2 Å². The molecule has 0 saturated heterocycles. The number of carbonyl (C=O) groups is 1. The van der Waals surface area contributed by atoms with Gasteiger partial charge in [0, 0.05) is 33.6 Å². The van der Waals surface area contributed by atoms with E-state index in [2.05, 4.69) is 22.8 Å². The number of benzene rings is 1. The molecule has 1 aliphatic carbocycles. The summed E-state index contributed by atoms with van der Waals surface area (Å²) in [4.78, 5) is 23.4. The van der Waals surface area contributed by atoms with Gasteiger partial charge in [-0.3, -0.25) is 14.9 Å². The van der Waals surface area contributed by atoms with Crippen molar-refractivity contribution in [2.24, 2.45) is 5.92 Å². The van der Waals surface area contributed by atoms with Crippen molar-refractivity contribution in [3.63, 3.8) is 0 Å². The molecule has 0 amide bonds. The third-order valence-electron chi connectivity index (χ3n) is 5.36. The van der Waals surface area contributed by atoms with Crippen LogP contribution in [0.3, 0.4) is 0 Å². The molecule has 2 aliphatic rings. The van der Waals surface area contributed by atoms with Crippen molar-refractivity contribution in [3.05, 3.63) is 57.5 Å². The molecule has 0 radical (unpaired) electrons. The topological polar surface area (TPSA) is 103 Å². The number of hydrogen-bond donors (Lipinski definition) is 2. The average molecular weight is 375 g/mol. The molecular weight excluding hydrogens is 350 g/mol. The summed E-state index contributed by atoms with van der Waals surface area (Å²) in [5.74, 6) is -1.65. The molecule has 2 atom stereocenters. The Kier molecular flexibility index (Phi) is 5.76. The van der Waals surface area contributed by atoms with Crippen LogP contribution in [-0.2, 0) is 20.7 Å². The molecular formula is C19H25N3O5. The number of hydrogen-bond acceptors (Lipinski definition) is 7. The summed E-state index contributed by atoms with van der Waals surface area (Å²) in [5, 5.41) is 18.0. The Morgan fingerprint density at radius 3 is 2.59 bits per heavy atom. The van der Waals surface area contributed by atoms with E-state index < -0.39 is 22.7 Å². The lowest BCUT2D eigenvalue weighted by molar-refractivity contribution is -0.451. The van der Waals surface area contributed by atoms with Gasteiger partial charge in [-0.15, -0.1) is 0 Å². The fourth-order valence-electron chi connectivity index (χ4n) is 4.09.